The Bertz CT molecular complexity index is 1110. The minimum Gasteiger partial charge on any atom is -0.383 e. The molecule has 2 saturated heterocycles. The van der Waals surface area contributed by atoms with Crippen LogP contribution >= 0.6 is 0 Å². The third-order valence-corrected chi connectivity index (χ3v) is 7.63. The monoisotopic (exact) mass is 469 g/mol. The molecular weight excluding hydrogens is 444 g/mol. The zero-order valence-electron chi connectivity index (χ0n) is 17.8. The van der Waals surface area contributed by atoms with Crippen molar-refractivity contribution in [1.82, 2.24) is 25.3 Å². The van der Waals surface area contributed by atoms with Gasteiger partial charge in [0.2, 0.25) is 5.95 Å². The lowest BCUT2D eigenvalue weighted by atomic mass is 10.0. The van der Waals surface area contributed by atoms with Crippen LogP contribution in [0.15, 0.2) is 12.3 Å². The predicted molar refractivity (Wildman–Crippen MR) is 114 cm³/mol. The van der Waals surface area contributed by atoms with Crippen LogP contribution in [0.1, 0.15) is 36.9 Å². The number of nitrogens with zero attached hydrogens (tertiary/aromatic N) is 5. The lowest BCUT2D eigenvalue weighted by Gasteiger charge is -2.42. The molecule has 0 radical (unpaired) electrons. The highest BCUT2D eigenvalue weighted by Gasteiger charge is 2.37. The van der Waals surface area contributed by atoms with E-state index < -0.39 is 27.1 Å². The highest BCUT2D eigenvalue weighted by atomic mass is 32.2. The molecule has 0 aromatic carbocycles. The fourth-order valence-corrected chi connectivity index (χ4v) is 5.39. The van der Waals surface area contributed by atoms with E-state index in [9.17, 15) is 17.2 Å². The quantitative estimate of drug-likeness (QED) is 0.670. The van der Waals surface area contributed by atoms with Crippen molar-refractivity contribution in [3.8, 4) is 11.4 Å². The van der Waals surface area contributed by atoms with Gasteiger partial charge < -0.3 is 20.7 Å². The number of anilines is 2. The summed E-state index contributed by atoms with van der Waals surface area (Å²) >= 11 is 0. The maximum absolute atomic E-state index is 13.8. The standard InChI is InChI=1S/C19H25F2N7O3S/c1-19(2)10-31-7-6-28(19)18-26-16(12-9-23-5-8-32(12,29)30)25-17(27-18)13-11(14(20)21)3-4-24-15(13)22/h3-4,12,14,23H,5-10H2,1-2H3,(H2,22,24). The molecular formula is C19H25F2N7O3S. The summed E-state index contributed by atoms with van der Waals surface area (Å²) in [4.78, 5) is 19.0. The molecule has 2 fully saturated rings. The molecule has 2 aliphatic heterocycles. The van der Waals surface area contributed by atoms with Crippen molar-refractivity contribution in [1.29, 1.82) is 0 Å². The number of nitrogens with two attached hydrogens (primary N) is 1. The number of rotatable bonds is 4. The maximum Gasteiger partial charge on any atom is 0.264 e. The van der Waals surface area contributed by atoms with Gasteiger partial charge in [0.15, 0.2) is 21.5 Å². The maximum atomic E-state index is 13.8. The van der Waals surface area contributed by atoms with Crippen LogP contribution in [0.25, 0.3) is 11.4 Å². The number of hydrogen-bond acceptors (Lipinski definition) is 10. The number of nitrogens with one attached hydrogen (secondary N) is 1. The Balaban J connectivity index is 1.93. The van der Waals surface area contributed by atoms with Gasteiger partial charge in [-0.25, -0.2) is 27.2 Å². The molecule has 0 spiro atoms. The molecule has 0 bridgehead atoms. The van der Waals surface area contributed by atoms with Crippen LogP contribution in [-0.4, -0.2) is 72.5 Å². The van der Waals surface area contributed by atoms with Gasteiger partial charge in [-0.1, -0.05) is 0 Å². The summed E-state index contributed by atoms with van der Waals surface area (Å²) in [7, 11) is -3.54. The molecule has 0 amide bonds. The molecule has 4 heterocycles. The van der Waals surface area contributed by atoms with Crippen LogP contribution in [0.5, 0.6) is 0 Å². The fourth-order valence-electron chi connectivity index (χ4n) is 3.87. The molecule has 0 aliphatic carbocycles. The van der Waals surface area contributed by atoms with Crippen molar-refractivity contribution in [3.05, 3.63) is 23.7 Å². The molecule has 2 aliphatic rings. The van der Waals surface area contributed by atoms with Crippen LogP contribution in [0.4, 0.5) is 20.5 Å². The Labute approximate surface area is 184 Å². The van der Waals surface area contributed by atoms with Gasteiger partial charge in [-0.3, -0.25) is 0 Å². The molecule has 32 heavy (non-hydrogen) atoms. The number of morpholine rings is 1. The third-order valence-electron chi connectivity index (χ3n) is 5.61. The number of pyridine rings is 1. The summed E-state index contributed by atoms with van der Waals surface area (Å²) in [6, 6.07) is 1.15. The predicted octanol–water partition coefficient (Wildman–Crippen LogP) is 1.13. The molecule has 2 aromatic rings. The van der Waals surface area contributed by atoms with E-state index in [-0.39, 0.29) is 46.8 Å². The molecule has 10 nitrogen and oxygen atoms in total. The van der Waals surface area contributed by atoms with Crippen LogP contribution in [-0.2, 0) is 14.6 Å². The lowest BCUT2D eigenvalue weighted by Crippen LogP contribution is -2.54. The number of halogens is 2. The van der Waals surface area contributed by atoms with Crippen LogP contribution < -0.4 is 16.0 Å². The van der Waals surface area contributed by atoms with Gasteiger partial charge in [-0.05, 0) is 19.9 Å². The van der Waals surface area contributed by atoms with E-state index in [1.165, 1.54) is 6.20 Å². The van der Waals surface area contributed by atoms with E-state index in [2.05, 4.69) is 25.3 Å². The summed E-state index contributed by atoms with van der Waals surface area (Å²) in [6.07, 6.45) is -1.66. The second kappa shape index (κ2) is 8.45. The zero-order valence-corrected chi connectivity index (χ0v) is 18.6. The molecule has 13 heteroatoms. The van der Waals surface area contributed by atoms with E-state index >= 15 is 0 Å². The topological polar surface area (TPSA) is 136 Å². The molecule has 1 unspecified atom stereocenters. The fraction of sp³-hybridized carbons (Fsp3) is 0.579. The van der Waals surface area contributed by atoms with E-state index in [1.54, 1.807) is 0 Å². The molecule has 3 N–H and O–H groups in total. The van der Waals surface area contributed by atoms with E-state index in [0.717, 1.165) is 6.07 Å². The Morgan fingerprint density at radius 2 is 2.09 bits per heavy atom. The largest absolute Gasteiger partial charge is 0.383 e. The first-order chi connectivity index (χ1) is 15.1. The smallest absolute Gasteiger partial charge is 0.264 e. The second-order valence-corrected chi connectivity index (χ2v) is 10.7. The number of ether oxygens (including phenoxy) is 1. The number of aromatic nitrogens is 4. The molecule has 1 atom stereocenters. The minimum atomic E-state index is -3.54. The average Bonchev–Trinajstić information content (AvgIpc) is 2.72. The van der Waals surface area contributed by atoms with Gasteiger partial charge in [0, 0.05) is 31.4 Å². The SMILES string of the molecule is CC1(C)COCCN1c1nc(-c2c(C(F)F)ccnc2N)nc(C2CNCCS2(=O)=O)n1. The van der Waals surface area contributed by atoms with Crippen molar-refractivity contribution < 1.29 is 21.9 Å². The van der Waals surface area contributed by atoms with E-state index in [0.29, 0.717) is 26.3 Å². The number of sulfone groups is 1. The summed E-state index contributed by atoms with van der Waals surface area (Å²) in [5.74, 6) is -0.204. The lowest BCUT2D eigenvalue weighted by molar-refractivity contribution is 0.0633. The Morgan fingerprint density at radius 3 is 2.78 bits per heavy atom. The normalized spacial score (nSPS) is 22.8. The van der Waals surface area contributed by atoms with Gasteiger partial charge in [0.25, 0.3) is 6.43 Å². The van der Waals surface area contributed by atoms with E-state index in [4.69, 9.17) is 10.5 Å². The van der Waals surface area contributed by atoms with Crippen LogP contribution in [0.2, 0.25) is 0 Å². The first-order valence-electron chi connectivity index (χ1n) is 10.2. The number of hydrogen-bond donors (Lipinski definition) is 2. The van der Waals surface area contributed by atoms with E-state index in [1.807, 2.05) is 18.7 Å². The third kappa shape index (κ3) is 4.24. The summed E-state index contributed by atoms with van der Waals surface area (Å²) < 4.78 is 58.6. The zero-order chi connectivity index (χ0) is 23.1. The Kier molecular flexibility index (Phi) is 5.98. The van der Waals surface area contributed by atoms with Crippen molar-refractivity contribution in [2.75, 3.05) is 49.2 Å². The second-order valence-electron chi connectivity index (χ2n) is 8.35. The van der Waals surface area contributed by atoms with Gasteiger partial charge in [0.1, 0.15) is 11.1 Å². The first-order valence-corrected chi connectivity index (χ1v) is 11.9. The van der Waals surface area contributed by atoms with Crippen LogP contribution in [0, 0.1) is 0 Å². The van der Waals surface area contributed by atoms with Gasteiger partial charge >= 0.3 is 0 Å². The molecule has 0 saturated carbocycles. The summed E-state index contributed by atoms with van der Waals surface area (Å²) in [5.41, 5.74) is 4.93. The minimum absolute atomic E-state index is 0.0111. The summed E-state index contributed by atoms with van der Waals surface area (Å²) in [6.45, 7) is 5.54. The van der Waals surface area contributed by atoms with Gasteiger partial charge in [-0.15, -0.1) is 0 Å². The van der Waals surface area contributed by atoms with Crippen molar-refractivity contribution in [2.24, 2.45) is 0 Å². The highest BCUT2D eigenvalue weighted by Crippen LogP contribution is 2.35. The summed E-state index contributed by atoms with van der Waals surface area (Å²) in [5, 5.41) is 2.00. The average molecular weight is 470 g/mol. The van der Waals surface area contributed by atoms with Crippen molar-refractivity contribution in [2.45, 2.75) is 31.1 Å². The number of nitrogen functional groups attached to an aromatic ring is 1. The molecule has 174 valence electrons. The Morgan fingerprint density at radius 1 is 1.31 bits per heavy atom. The first kappa shape index (κ1) is 22.7. The molecule has 4 rings (SSSR count). The number of alkyl halides is 2. The highest BCUT2D eigenvalue weighted by molar-refractivity contribution is 7.91. The van der Waals surface area contributed by atoms with Crippen molar-refractivity contribution >= 4 is 21.6 Å². The molecule has 2 aromatic heterocycles. The van der Waals surface area contributed by atoms with Gasteiger partial charge in [0.05, 0.1) is 30.1 Å². The van der Waals surface area contributed by atoms with Gasteiger partial charge in [-0.2, -0.15) is 9.97 Å². The Hall–Kier alpha value is -2.51. The van der Waals surface area contributed by atoms with Crippen LogP contribution in [0.3, 0.4) is 0 Å². The van der Waals surface area contributed by atoms with Crippen molar-refractivity contribution in [3.63, 3.8) is 0 Å².